The van der Waals surface area contributed by atoms with Gasteiger partial charge >= 0.3 is 0 Å². The molecule has 1 aromatic carbocycles. The Morgan fingerprint density at radius 2 is 1.80 bits per heavy atom. The first kappa shape index (κ1) is 9.19. The van der Waals surface area contributed by atoms with Gasteiger partial charge in [-0.25, -0.2) is 0 Å². The molecule has 80 valence electrons. The van der Waals surface area contributed by atoms with E-state index in [4.69, 9.17) is 9.47 Å². The summed E-state index contributed by atoms with van der Waals surface area (Å²) in [5, 5.41) is 9.67. The molecular formula is C12H14O3. The molecule has 1 aromatic rings. The van der Waals surface area contributed by atoms with Gasteiger partial charge in [0.05, 0.1) is 25.4 Å². The van der Waals surface area contributed by atoms with Crippen molar-refractivity contribution in [3.05, 3.63) is 29.3 Å². The Labute approximate surface area is 88.6 Å². The molecule has 15 heavy (non-hydrogen) atoms. The second-order valence-corrected chi connectivity index (χ2v) is 4.28. The molecule has 3 nitrogen and oxygen atoms in total. The van der Waals surface area contributed by atoms with Crippen LogP contribution in [0.5, 0.6) is 5.75 Å². The van der Waals surface area contributed by atoms with Crippen LogP contribution in [0.15, 0.2) is 18.2 Å². The normalized spacial score (nSPS) is 27.7. The molecule has 0 aliphatic carbocycles. The topological polar surface area (TPSA) is 45.3 Å². The van der Waals surface area contributed by atoms with Crippen molar-refractivity contribution in [1.29, 1.82) is 0 Å². The van der Waals surface area contributed by atoms with Gasteiger partial charge in [0.1, 0.15) is 5.75 Å². The summed E-state index contributed by atoms with van der Waals surface area (Å²) in [4.78, 5) is 0. The van der Waals surface area contributed by atoms with Crippen LogP contribution in [0.2, 0.25) is 0 Å². The lowest BCUT2D eigenvalue weighted by molar-refractivity contribution is 0.400. The lowest BCUT2D eigenvalue weighted by atomic mass is 10.0. The van der Waals surface area contributed by atoms with Crippen LogP contribution in [0.4, 0.5) is 0 Å². The number of phenols is 1. The Morgan fingerprint density at radius 3 is 2.47 bits per heavy atom. The van der Waals surface area contributed by atoms with Crippen molar-refractivity contribution in [2.75, 3.05) is 13.2 Å². The Kier molecular flexibility index (Phi) is 2.15. The van der Waals surface area contributed by atoms with E-state index in [2.05, 4.69) is 6.07 Å². The van der Waals surface area contributed by atoms with Crippen LogP contribution in [-0.4, -0.2) is 30.5 Å². The highest BCUT2D eigenvalue weighted by Crippen LogP contribution is 2.26. The van der Waals surface area contributed by atoms with Gasteiger partial charge in [-0.15, -0.1) is 0 Å². The molecular weight excluding hydrogens is 192 g/mol. The van der Waals surface area contributed by atoms with Crippen LogP contribution in [-0.2, 0) is 22.3 Å². The van der Waals surface area contributed by atoms with E-state index in [0.717, 1.165) is 31.6 Å². The predicted octanol–water partition coefficient (Wildman–Crippen LogP) is 1.27. The third-order valence-electron chi connectivity index (χ3n) is 2.86. The second kappa shape index (κ2) is 3.51. The van der Waals surface area contributed by atoms with Crippen molar-refractivity contribution in [3.8, 4) is 5.75 Å². The molecule has 0 spiro atoms. The third kappa shape index (κ3) is 2.30. The highest BCUT2D eigenvalue weighted by molar-refractivity contribution is 5.37. The van der Waals surface area contributed by atoms with Crippen molar-refractivity contribution in [2.45, 2.75) is 25.0 Å². The fraction of sp³-hybridized carbons (Fsp3) is 0.500. The molecule has 1 N–H and O–H groups in total. The van der Waals surface area contributed by atoms with Gasteiger partial charge in [0, 0.05) is 12.8 Å². The first-order chi connectivity index (χ1) is 7.31. The van der Waals surface area contributed by atoms with Crippen molar-refractivity contribution in [2.24, 2.45) is 0 Å². The summed E-state index contributed by atoms with van der Waals surface area (Å²) in [7, 11) is 0. The van der Waals surface area contributed by atoms with Gasteiger partial charge in [-0.2, -0.15) is 0 Å². The minimum Gasteiger partial charge on any atom is -0.508 e. The van der Waals surface area contributed by atoms with Gasteiger partial charge in [0.25, 0.3) is 0 Å². The molecule has 0 saturated carbocycles. The monoisotopic (exact) mass is 206 g/mol. The lowest BCUT2D eigenvalue weighted by Gasteiger charge is -2.05. The number of aromatic hydroxyl groups is 1. The number of hydrogen-bond donors (Lipinski definition) is 1. The van der Waals surface area contributed by atoms with E-state index < -0.39 is 0 Å². The van der Waals surface area contributed by atoms with Crippen molar-refractivity contribution < 1.29 is 14.6 Å². The van der Waals surface area contributed by atoms with Crippen LogP contribution >= 0.6 is 0 Å². The summed E-state index contributed by atoms with van der Waals surface area (Å²) in [5.74, 6) is 0.381. The molecule has 0 radical (unpaired) electrons. The lowest BCUT2D eigenvalue weighted by Crippen LogP contribution is -1.98. The Bertz CT molecular complexity index is 367. The highest BCUT2D eigenvalue weighted by atomic mass is 16.6. The minimum atomic E-state index is 0.323. The number of phenolic OH excluding ortho intramolecular Hbond substituents is 1. The summed E-state index contributed by atoms with van der Waals surface area (Å²) in [5.41, 5.74) is 2.24. The number of hydrogen-bond acceptors (Lipinski definition) is 3. The van der Waals surface area contributed by atoms with Gasteiger partial charge in [-0.1, -0.05) is 12.1 Å². The quantitative estimate of drug-likeness (QED) is 0.755. The number of rotatable bonds is 4. The third-order valence-corrected chi connectivity index (χ3v) is 2.86. The molecule has 2 heterocycles. The van der Waals surface area contributed by atoms with Gasteiger partial charge in [0.2, 0.25) is 0 Å². The van der Waals surface area contributed by atoms with E-state index >= 15 is 0 Å². The minimum absolute atomic E-state index is 0.323. The summed E-state index contributed by atoms with van der Waals surface area (Å²) < 4.78 is 10.4. The van der Waals surface area contributed by atoms with E-state index in [0.29, 0.717) is 18.0 Å². The Hall–Kier alpha value is -1.06. The fourth-order valence-corrected chi connectivity index (χ4v) is 1.81. The smallest absolute Gasteiger partial charge is 0.118 e. The maximum absolute atomic E-state index is 9.67. The fourth-order valence-electron chi connectivity index (χ4n) is 1.81. The Morgan fingerprint density at radius 1 is 1.13 bits per heavy atom. The van der Waals surface area contributed by atoms with E-state index in [1.807, 2.05) is 6.07 Å². The maximum Gasteiger partial charge on any atom is 0.118 e. The van der Waals surface area contributed by atoms with Gasteiger partial charge < -0.3 is 14.6 Å². The van der Waals surface area contributed by atoms with Gasteiger partial charge in [-0.3, -0.25) is 0 Å². The molecule has 0 aromatic heterocycles. The van der Waals surface area contributed by atoms with Crippen molar-refractivity contribution in [3.63, 3.8) is 0 Å². The zero-order valence-corrected chi connectivity index (χ0v) is 8.48. The van der Waals surface area contributed by atoms with E-state index in [9.17, 15) is 5.11 Å². The average molecular weight is 206 g/mol. The van der Waals surface area contributed by atoms with E-state index in [1.54, 1.807) is 6.07 Å². The maximum atomic E-state index is 9.67. The van der Waals surface area contributed by atoms with Gasteiger partial charge in [-0.05, 0) is 17.2 Å². The van der Waals surface area contributed by atoms with Crippen molar-refractivity contribution in [1.82, 2.24) is 0 Å². The molecule has 3 heteroatoms. The van der Waals surface area contributed by atoms with Crippen LogP contribution in [0.3, 0.4) is 0 Å². The molecule has 2 atom stereocenters. The van der Waals surface area contributed by atoms with Crippen LogP contribution in [0.1, 0.15) is 11.1 Å². The first-order valence-electron chi connectivity index (χ1n) is 5.35. The Balaban J connectivity index is 1.76. The first-order valence-corrected chi connectivity index (χ1v) is 5.35. The molecule has 0 bridgehead atoms. The number of benzene rings is 1. The second-order valence-electron chi connectivity index (χ2n) is 4.28. The average Bonchev–Trinajstić information content (AvgIpc) is 3.05. The largest absolute Gasteiger partial charge is 0.508 e. The molecule has 0 amide bonds. The van der Waals surface area contributed by atoms with Crippen LogP contribution < -0.4 is 0 Å². The molecule has 2 aliphatic heterocycles. The van der Waals surface area contributed by atoms with Crippen LogP contribution in [0, 0.1) is 0 Å². The number of ether oxygens (including phenoxy) is 2. The zero-order chi connectivity index (χ0) is 10.3. The van der Waals surface area contributed by atoms with E-state index in [-0.39, 0.29) is 0 Å². The molecule has 2 unspecified atom stereocenters. The molecule has 2 saturated heterocycles. The SMILES string of the molecule is Oc1ccc(CC2CO2)cc1CC1CO1. The summed E-state index contributed by atoms with van der Waals surface area (Å²) in [6, 6.07) is 5.81. The summed E-state index contributed by atoms with van der Waals surface area (Å²) >= 11 is 0. The summed E-state index contributed by atoms with van der Waals surface area (Å²) in [6.45, 7) is 1.71. The molecule has 2 fully saturated rings. The molecule has 3 rings (SSSR count). The van der Waals surface area contributed by atoms with E-state index in [1.165, 1.54) is 5.56 Å². The van der Waals surface area contributed by atoms with Gasteiger partial charge in [0.15, 0.2) is 0 Å². The molecule has 2 aliphatic rings. The standard InChI is InChI=1S/C12H14O3/c13-12-2-1-8(4-10-6-14-10)3-9(12)5-11-7-15-11/h1-3,10-11,13H,4-7H2. The highest BCUT2D eigenvalue weighted by Gasteiger charge is 2.25. The summed E-state index contributed by atoms with van der Waals surface area (Å²) in [6.07, 6.45) is 2.51. The van der Waals surface area contributed by atoms with Crippen LogP contribution in [0.25, 0.3) is 0 Å². The number of epoxide rings is 2. The predicted molar refractivity (Wildman–Crippen MR) is 55.0 cm³/mol. The van der Waals surface area contributed by atoms with Crippen molar-refractivity contribution >= 4 is 0 Å². The zero-order valence-electron chi connectivity index (χ0n) is 8.48.